The molecule has 3 rings (SSSR count). The highest BCUT2D eigenvalue weighted by atomic mass is 16.6. The number of ether oxygens (including phenoxy) is 3. The number of hydrogen-bond acceptors (Lipinski definition) is 12. The van der Waals surface area contributed by atoms with E-state index in [1.165, 1.54) is 26.2 Å². The number of rotatable bonds is 35. The number of hydrogen-bond donors (Lipinski definition) is 4. The van der Waals surface area contributed by atoms with Gasteiger partial charge in [0.25, 0.3) is 0 Å². The Hall–Kier alpha value is -6.21. The number of carbonyl (C=O) groups is 9. The molecule has 2 aromatic carbocycles. The third-order valence-corrected chi connectivity index (χ3v) is 16.6. The molecule has 0 aromatic heterocycles. The van der Waals surface area contributed by atoms with E-state index in [-0.39, 0.29) is 110 Å². The molecule has 1 aliphatic rings. The number of likely N-dealkylation sites (N-methyl/N-ethyl adjacent to an activating group) is 2. The van der Waals surface area contributed by atoms with Gasteiger partial charge in [-0.15, -0.1) is 0 Å². The largest absolute Gasteiger partial charge is 0.481 e. The van der Waals surface area contributed by atoms with Gasteiger partial charge in [-0.25, -0.2) is 9.59 Å². The Morgan fingerprint density at radius 3 is 1.89 bits per heavy atom. The Bertz CT molecular complexity index is 2380. The van der Waals surface area contributed by atoms with Gasteiger partial charge >= 0.3 is 18.1 Å². The van der Waals surface area contributed by atoms with Crippen LogP contribution in [-0.4, -0.2) is 145 Å². The average Bonchev–Trinajstić information content (AvgIpc) is 4.01. The fourth-order valence-electron chi connectivity index (χ4n) is 11.1. The van der Waals surface area contributed by atoms with Crippen LogP contribution >= 0.6 is 0 Å². The van der Waals surface area contributed by atoms with Gasteiger partial charge in [0.1, 0.15) is 18.2 Å². The topological polar surface area (TPSA) is 261 Å². The third-order valence-electron chi connectivity index (χ3n) is 16.6. The van der Waals surface area contributed by atoms with Crippen LogP contribution in [0.25, 0.3) is 0 Å². The summed E-state index contributed by atoms with van der Waals surface area (Å²) in [6.07, 6.45) is 0.348. The summed E-state index contributed by atoms with van der Waals surface area (Å²) >= 11 is 0. The second-order valence-corrected chi connectivity index (χ2v) is 23.4. The first-order chi connectivity index (χ1) is 38.2. The van der Waals surface area contributed by atoms with Gasteiger partial charge in [-0.2, -0.15) is 0 Å². The number of carboxylic acid groups (broad SMARTS) is 1. The number of methoxy groups -OCH3 is 2. The summed E-state index contributed by atoms with van der Waals surface area (Å²) in [6, 6.07) is 13.3. The zero-order valence-electron chi connectivity index (χ0n) is 50.7. The Labute approximate surface area is 481 Å². The Balaban J connectivity index is 1.71. The predicted molar refractivity (Wildman–Crippen MR) is 311 cm³/mol. The Morgan fingerprint density at radius 1 is 0.728 bits per heavy atom. The van der Waals surface area contributed by atoms with E-state index >= 15 is 0 Å². The van der Waals surface area contributed by atoms with Gasteiger partial charge in [0.2, 0.25) is 17.7 Å². The van der Waals surface area contributed by atoms with Gasteiger partial charge in [0, 0.05) is 90.0 Å². The molecule has 1 heterocycles. The first-order valence-electron chi connectivity index (χ1n) is 29.0. The fourth-order valence-corrected chi connectivity index (χ4v) is 11.1. The number of Topliss-reactive ketones (excluding diaryl/α,β-unsaturated/α-hetero) is 3. The maximum atomic E-state index is 14.8. The molecule has 19 heteroatoms. The minimum atomic E-state index is -1.06. The zero-order chi connectivity index (χ0) is 60.8. The second kappa shape index (κ2) is 33.6. The van der Waals surface area contributed by atoms with Crippen LogP contribution in [0.5, 0.6) is 0 Å². The summed E-state index contributed by atoms with van der Waals surface area (Å²) in [4.78, 5) is 126. The summed E-state index contributed by atoms with van der Waals surface area (Å²) in [6.45, 7) is 19.4. The molecule has 2 unspecified atom stereocenters. The smallest absolute Gasteiger partial charge is 0.410 e. The van der Waals surface area contributed by atoms with Crippen molar-refractivity contribution in [3.63, 3.8) is 0 Å². The summed E-state index contributed by atoms with van der Waals surface area (Å²) in [5.41, 5.74) is 7.10. The third kappa shape index (κ3) is 20.6. The number of amides is 6. The van der Waals surface area contributed by atoms with Crippen molar-refractivity contribution in [3.05, 3.63) is 65.7 Å². The number of likely N-dealkylation sites (tertiary alicyclic amines) is 1. The maximum Gasteiger partial charge on any atom is 0.410 e. The molecule has 0 saturated carbocycles. The number of nitrogens with zero attached hydrogens (tertiary/aromatic N) is 3. The highest BCUT2D eigenvalue weighted by Gasteiger charge is 2.44. The van der Waals surface area contributed by atoms with Crippen LogP contribution in [0.2, 0.25) is 0 Å². The SMILES string of the molecule is CCC(C)[C@@H](C(CC(=O)N1CCC[C@H]1[C@H](OC)[C@@H](C)C(=O)C[C@@H](Cc1ccccc1)C(=O)O)OC)N(C)C(=O)[C@@H](CC(=O)[C@H](C(C)C)N(C)C(=O)OCc1ccc(NC(=O)[C@H](CCCNC(N)=O)CC(=O)[C@@H](C)C(C)C)cc1)C(C)C. The number of anilines is 1. The Morgan fingerprint density at radius 2 is 1.35 bits per heavy atom. The highest BCUT2D eigenvalue weighted by Crippen LogP contribution is 2.32. The number of primary amides is 1. The monoisotopic (exact) mass is 1130 g/mol. The van der Waals surface area contributed by atoms with Crippen LogP contribution in [0, 0.1) is 53.3 Å². The zero-order valence-corrected chi connectivity index (χ0v) is 50.7. The van der Waals surface area contributed by atoms with Crippen molar-refractivity contribution in [2.75, 3.05) is 46.7 Å². The summed E-state index contributed by atoms with van der Waals surface area (Å²) in [7, 11) is 6.18. The molecule has 11 atom stereocenters. The van der Waals surface area contributed by atoms with Crippen LogP contribution in [0.4, 0.5) is 15.3 Å². The molecular formula is C62H96N6O13. The molecule has 5 N–H and O–H groups in total. The molecular weight excluding hydrogens is 1040 g/mol. The van der Waals surface area contributed by atoms with Crippen LogP contribution in [-0.2, 0) is 60.8 Å². The van der Waals surface area contributed by atoms with E-state index in [9.17, 15) is 48.3 Å². The molecule has 1 fully saturated rings. The minimum Gasteiger partial charge on any atom is -0.481 e. The quantitative estimate of drug-likeness (QED) is 0.0472. The fraction of sp³-hybridized carbons (Fsp3) is 0.661. The van der Waals surface area contributed by atoms with E-state index in [1.807, 2.05) is 92.6 Å². The molecule has 452 valence electrons. The molecule has 0 bridgehead atoms. The number of benzene rings is 2. The van der Waals surface area contributed by atoms with E-state index in [1.54, 1.807) is 48.0 Å². The van der Waals surface area contributed by atoms with Crippen molar-refractivity contribution in [3.8, 4) is 0 Å². The van der Waals surface area contributed by atoms with Crippen LogP contribution in [0.15, 0.2) is 54.6 Å². The second-order valence-electron chi connectivity index (χ2n) is 23.4. The first-order valence-corrected chi connectivity index (χ1v) is 29.0. The standard InChI is InChI=1S/C62H96N6O13/c1-15-40(8)56(53(79-13)35-54(72)68-30-20-24-49(68)57(80-14)42(10)51(70)33-46(60(75)76)31-43-21-17-16-18-22-43)66(11)59(74)48(38(4)5)34-52(71)55(39(6)7)67(12)62(78)81-36-44-25-27-47(28-26-44)65-58(73)45(23-19-29-64-61(63)77)32-50(69)41(9)37(2)3/h16-18,21-22,25-28,37-42,45-46,48-49,53,55-57H,15,19-20,23-24,29-36H2,1-14H3,(H,65,73)(H,75,76)(H3,63,64,77)/t40?,41-,42-,45+,46+,48-,49-,53?,55-,56-,57+/m0/s1. The number of urea groups is 1. The lowest BCUT2D eigenvalue weighted by molar-refractivity contribution is -0.149. The van der Waals surface area contributed by atoms with E-state index in [0.717, 1.165) is 5.56 Å². The molecule has 81 heavy (non-hydrogen) atoms. The van der Waals surface area contributed by atoms with E-state index < -0.39 is 72.1 Å². The lowest BCUT2D eigenvalue weighted by Gasteiger charge is -2.41. The maximum absolute atomic E-state index is 14.8. The summed E-state index contributed by atoms with van der Waals surface area (Å²) in [5, 5.41) is 15.5. The molecule has 0 radical (unpaired) electrons. The van der Waals surface area contributed by atoms with Crippen molar-refractivity contribution < 1.29 is 62.5 Å². The van der Waals surface area contributed by atoms with Crippen molar-refractivity contribution in [1.29, 1.82) is 0 Å². The lowest BCUT2D eigenvalue weighted by atomic mass is 9.83. The molecule has 2 aromatic rings. The number of aliphatic carboxylic acids is 1. The normalized spacial score (nSPS) is 17.2. The first kappa shape index (κ1) is 69.1. The molecule has 1 saturated heterocycles. The van der Waals surface area contributed by atoms with Crippen molar-refractivity contribution in [2.45, 2.75) is 170 Å². The average molecular weight is 1130 g/mol. The number of ketones is 3. The Kier molecular flexibility index (Phi) is 28.7. The molecule has 6 amide bonds. The summed E-state index contributed by atoms with van der Waals surface area (Å²) in [5.74, 6) is -6.47. The van der Waals surface area contributed by atoms with Crippen LogP contribution in [0.3, 0.4) is 0 Å². The van der Waals surface area contributed by atoms with Gasteiger partial charge in [0.05, 0.1) is 42.7 Å². The highest BCUT2D eigenvalue weighted by molar-refractivity contribution is 5.96. The van der Waals surface area contributed by atoms with E-state index in [0.29, 0.717) is 49.9 Å². The van der Waals surface area contributed by atoms with Gasteiger partial charge in [0.15, 0.2) is 5.78 Å². The van der Waals surface area contributed by atoms with Crippen LogP contribution < -0.4 is 16.4 Å². The van der Waals surface area contributed by atoms with Crippen molar-refractivity contribution in [2.24, 2.45) is 59.0 Å². The molecule has 0 aliphatic carbocycles. The number of nitrogens with two attached hydrogens (primary N) is 1. The van der Waals surface area contributed by atoms with Gasteiger partial charge < -0.3 is 50.4 Å². The van der Waals surface area contributed by atoms with E-state index in [4.69, 9.17) is 19.9 Å². The predicted octanol–water partition coefficient (Wildman–Crippen LogP) is 8.59. The van der Waals surface area contributed by atoms with Crippen LogP contribution in [0.1, 0.15) is 138 Å². The molecule has 19 nitrogen and oxygen atoms in total. The summed E-state index contributed by atoms with van der Waals surface area (Å²) < 4.78 is 17.7. The van der Waals surface area contributed by atoms with Crippen molar-refractivity contribution in [1.82, 2.24) is 20.0 Å². The van der Waals surface area contributed by atoms with E-state index in [2.05, 4.69) is 10.6 Å². The van der Waals surface area contributed by atoms with Gasteiger partial charge in [-0.3, -0.25) is 33.6 Å². The lowest BCUT2D eigenvalue weighted by Crippen LogP contribution is -2.54. The molecule has 0 spiro atoms. The number of nitrogens with one attached hydrogen (secondary N) is 2. The minimum absolute atomic E-state index is 0.0216. The van der Waals surface area contributed by atoms with Gasteiger partial charge in [-0.1, -0.05) is 118 Å². The molecule has 1 aliphatic heterocycles. The number of carboxylic acids is 1. The van der Waals surface area contributed by atoms with Gasteiger partial charge in [-0.05, 0) is 79.0 Å². The van der Waals surface area contributed by atoms with Crippen molar-refractivity contribution >= 4 is 58.9 Å². The number of carbonyl (C=O) groups excluding carboxylic acids is 8.